The number of aliphatic hydroxyl groups is 1. The molecule has 17 heavy (non-hydrogen) atoms. The van der Waals surface area contributed by atoms with Crippen LogP contribution in [0.25, 0.3) is 0 Å². The zero-order valence-electron chi connectivity index (χ0n) is 10.7. The van der Waals surface area contributed by atoms with Gasteiger partial charge in [0.25, 0.3) is 0 Å². The van der Waals surface area contributed by atoms with Crippen LogP contribution in [-0.2, 0) is 0 Å². The zero-order chi connectivity index (χ0) is 13.1. The van der Waals surface area contributed by atoms with Crippen molar-refractivity contribution in [3.63, 3.8) is 0 Å². The smallest absolute Gasteiger partial charge is 0.390 e. The second-order valence-electron chi connectivity index (χ2n) is 5.45. The van der Waals surface area contributed by atoms with Gasteiger partial charge in [0.15, 0.2) is 0 Å². The van der Waals surface area contributed by atoms with Crippen LogP contribution >= 0.6 is 0 Å². The molecule has 1 aliphatic rings. The van der Waals surface area contributed by atoms with E-state index in [0.717, 1.165) is 12.8 Å². The minimum Gasteiger partial charge on any atom is -0.390 e. The fourth-order valence-electron chi connectivity index (χ4n) is 2.92. The minimum atomic E-state index is -4.15. The van der Waals surface area contributed by atoms with Gasteiger partial charge in [-0.3, -0.25) is 0 Å². The Hall–Kier alpha value is -0.250. The van der Waals surface area contributed by atoms with Crippen LogP contribution in [0.2, 0.25) is 0 Å². The Balaban J connectivity index is 2.63. The molecule has 1 N–H and O–H groups in total. The van der Waals surface area contributed by atoms with E-state index in [1.807, 2.05) is 13.8 Å². The quantitative estimate of drug-likeness (QED) is 0.791. The topological polar surface area (TPSA) is 20.2 Å². The molecule has 0 heterocycles. The van der Waals surface area contributed by atoms with Gasteiger partial charge in [-0.1, -0.05) is 26.7 Å². The van der Waals surface area contributed by atoms with E-state index in [4.69, 9.17) is 0 Å². The van der Waals surface area contributed by atoms with Crippen LogP contribution in [0.4, 0.5) is 13.2 Å². The third-order valence-electron chi connectivity index (χ3n) is 4.11. The molecule has 0 aliphatic heterocycles. The van der Waals surface area contributed by atoms with Gasteiger partial charge in [0.1, 0.15) is 0 Å². The molecule has 1 rings (SSSR count). The van der Waals surface area contributed by atoms with Crippen molar-refractivity contribution < 1.29 is 18.3 Å². The number of hydrogen-bond donors (Lipinski definition) is 1. The molecule has 102 valence electrons. The highest BCUT2D eigenvalue weighted by molar-refractivity contribution is 4.90. The van der Waals surface area contributed by atoms with Gasteiger partial charge in [-0.05, 0) is 38.0 Å². The van der Waals surface area contributed by atoms with Crippen molar-refractivity contribution in [2.45, 2.75) is 70.6 Å². The van der Waals surface area contributed by atoms with Crippen LogP contribution in [0.1, 0.15) is 58.8 Å². The van der Waals surface area contributed by atoms with E-state index in [0.29, 0.717) is 25.2 Å². The zero-order valence-corrected chi connectivity index (χ0v) is 10.7. The summed E-state index contributed by atoms with van der Waals surface area (Å²) < 4.78 is 38.0. The normalized spacial score (nSPS) is 30.9. The predicted molar refractivity (Wildman–Crippen MR) is 61.7 cm³/mol. The van der Waals surface area contributed by atoms with E-state index in [1.54, 1.807) is 0 Å². The molecular weight excluding hydrogens is 229 g/mol. The number of hydrogen-bond acceptors (Lipinski definition) is 1. The highest BCUT2D eigenvalue weighted by Gasteiger charge is 2.47. The number of rotatable bonds is 4. The predicted octanol–water partition coefficient (Wildman–Crippen LogP) is 4.30. The van der Waals surface area contributed by atoms with E-state index in [9.17, 15) is 18.3 Å². The van der Waals surface area contributed by atoms with Crippen molar-refractivity contribution in [3.05, 3.63) is 0 Å². The summed E-state index contributed by atoms with van der Waals surface area (Å²) in [6, 6.07) is 0. The summed E-state index contributed by atoms with van der Waals surface area (Å²) in [5, 5.41) is 10.3. The molecule has 0 saturated heterocycles. The Labute approximate surface area is 101 Å². The van der Waals surface area contributed by atoms with Crippen LogP contribution < -0.4 is 0 Å². The summed E-state index contributed by atoms with van der Waals surface area (Å²) in [6.07, 6.45) is -0.696. The number of halogens is 3. The molecule has 1 fully saturated rings. The average Bonchev–Trinajstić information content (AvgIpc) is 2.25. The average molecular weight is 252 g/mol. The van der Waals surface area contributed by atoms with Crippen LogP contribution in [0.15, 0.2) is 0 Å². The Kier molecular flexibility index (Phi) is 4.87. The summed E-state index contributed by atoms with van der Waals surface area (Å²) in [6.45, 7) is 4.06. The summed E-state index contributed by atoms with van der Waals surface area (Å²) in [5.74, 6) is -0.970. The second-order valence-corrected chi connectivity index (χ2v) is 5.45. The Morgan fingerprint density at radius 3 is 2.35 bits per heavy atom. The lowest BCUT2D eigenvalue weighted by molar-refractivity contribution is -0.202. The summed E-state index contributed by atoms with van der Waals surface area (Å²) in [4.78, 5) is 0. The molecule has 2 atom stereocenters. The van der Waals surface area contributed by atoms with Crippen LogP contribution in [0.3, 0.4) is 0 Å². The minimum absolute atomic E-state index is 0.104. The maximum absolute atomic E-state index is 12.7. The van der Waals surface area contributed by atoms with Crippen LogP contribution in [0.5, 0.6) is 0 Å². The summed E-state index contributed by atoms with van der Waals surface area (Å²) in [5.41, 5.74) is -1.09. The van der Waals surface area contributed by atoms with Gasteiger partial charge >= 0.3 is 6.18 Å². The van der Waals surface area contributed by atoms with E-state index in [2.05, 4.69) is 0 Å². The molecule has 4 heteroatoms. The third kappa shape index (κ3) is 4.16. The summed E-state index contributed by atoms with van der Waals surface area (Å²) in [7, 11) is 0. The molecule has 0 aromatic carbocycles. The fourth-order valence-corrected chi connectivity index (χ4v) is 2.92. The highest BCUT2D eigenvalue weighted by Crippen LogP contribution is 2.44. The molecule has 0 radical (unpaired) electrons. The lowest BCUT2D eigenvalue weighted by Gasteiger charge is -2.39. The van der Waals surface area contributed by atoms with Crippen molar-refractivity contribution in [1.29, 1.82) is 0 Å². The molecule has 2 unspecified atom stereocenters. The van der Waals surface area contributed by atoms with Gasteiger partial charge in [0.05, 0.1) is 11.5 Å². The Morgan fingerprint density at radius 1 is 1.29 bits per heavy atom. The van der Waals surface area contributed by atoms with Crippen molar-refractivity contribution in [2.75, 3.05) is 0 Å². The van der Waals surface area contributed by atoms with Crippen molar-refractivity contribution >= 4 is 0 Å². The molecule has 1 nitrogen and oxygen atoms in total. The van der Waals surface area contributed by atoms with E-state index in [-0.39, 0.29) is 12.8 Å². The summed E-state index contributed by atoms with van der Waals surface area (Å²) >= 11 is 0. The fraction of sp³-hybridized carbons (Fsp3) is 1.00. The first-order chi connectivity index (χ1) is 7.80. The van der Waals surface area contributed by atoms with E-state index < -0.39 is 17.7 Å². The SMILES string of the molecule is CCC(CC)CC1(O)CCCC(C(F)(F)F)C1. The van der Waals surface area contributed by atoms with Gasteiger partial charge in [-0.25, -0.2) is 0 Å². The second kappa shape index (κ2) is 5.59. The lowest BCUT2D eigenvalue weighted by Crippen LogP contribution is -2.41. The first-order valence-corrected chi connectivity index (χ1v) is 6.60. The van der Waals surface area contributed by atoms with E-state index >= 15 is 0 Å². The monoisotopic (exact) mass is 252 g/mol. The Morgan fingerprint density at radius 2 is 1.88 bits per heavy atom. The molecule has 0 amide bonds. The Bertz CT molecular complexity index is 235. The van der Waals surface area contributed by atoms with Crippen molar-refractivity contribution in [3.8, 4) is 0 Å². The molecular formula is C13H23F3O. The van der Waals surface area contributed by atoms with E-state index in [1.165, 1.54) is 0 Å². The molecule has 0 aromatic rings. The first kappa shape index (κ1) is 14.8. The van der Waals surface area contributed by atoms with Gasteiger partial charge in [-0.15, -0.1) is 0 Å². The van der Waals surface area contributed by atoms with Crippen LogP contribution in [-0.4, -0.2) is 16.9 Å². The lowest BCUT2D eigenvalue weighted by atomic mass is 9.73. The molecule has 0 aromatic heterocycles. The van der Waals surface area contributed by atoms with Gasteiger partial charge < -0.3 is 5.11 Å². The molecule has 1 saturated carbocycles. The highest BCUT2D eigenvalue weighted by atomic mass is 19.4. The molecule has 0 spiro atoms. The van der Waals surface area contributed by atoms with Crippen molar-refractivity contribution in [1.82, 2.24) is 0 Å². The standard InChI is InChI=1S/C13H23F3O/c1-3-10(4-2)8-12(17)7-5-6-11(9-12)13(14,15)16/h10-11,17H,3-9H2,1-2H3. The maximum atomic E-state index is 12.7. The van der Waals surface area contributed by atoms with Crippen LogP contribution in [0, 0.1) is 11.8 Å². The van der Waals surface area contributed by atoms with Gasteiger partial charge in [0.2, 0.25) is 0 Å². The molecule has 1 aliphatic carbocycles. The largest absolute Gasteiger partial charge is 0.391 e. The molecule has 0 bridgehead atoms. The first-order valence-electron chi connectivity index (χ1n) is 6.60. The third-order valence-corrected chi connectivity index (χ3v) is 4.11. The maximum Gasteiger partial charge on any atom is 0.391 e. The van der Waals surface area contributed by atoms with Crippen molar-refractivity contribution in [2.24, 2.45) is 11.8 Å². The number of alkyl halides is 3. The van der Waals surface area contributed by atoms with Gasteiger partial charge in [0, 0.05) is 0 Å². The van der Waals surface area contributed by atoms with Gasteiger partial charge in [-0.2, -0.15) is 13.2 Å².